The first-order chi connectivity index (χ1) is 16.8. The van der Waals surface area contributed by atoms with Crippen LogP contribution in [0.25, 0.3) is 10.6 Å². The average Bonchev–Trinajstić information content (AvgIpc) is 3.36. The number of thiophene rings is 1. The van der Waals surface area contributed by atoms with Crippen LogP contribution in [0.5, 0.6) is 5.06 Å². The van der Waals surface area contributed by atoms with Crippen LogP contribution in [-0.4, -0.2) is 57.1 Å². The zero-order valence-electron chi connectivity index (χ0n) is 19.6. The smallest absolute Gasteiger partial charge is 0.420 e. The first-order valence-electron chi connectivity index (χ1n) is 11.7. The van der Waals surface area contributed by atoms with E-state index in [-0.39, 0.29) is 11.6 Å². The number of alkyl halides is 3. The van der Waals surface area contributed by atoms with E-state index in [2.05, 4.69) is 27.2 Å². The summed E-state index contributed by atoms with van der Waals surface area (Å²) in [5.74, 6) is 1.54. The van der Waals surface area contributed by atoms with Crippen LogP contribution in [-0.2, 0) is 12.6 Å². The van der Waals surface area contributed by atoms with Gasteiger partial charge in [-0.2, -0.15) is 18.3 Å². The number of aryl methyl sites for hydroxylation is 1. The van der Waals surface area contributed by atoms with Gasteiger partial charge in [0.15, 0.2) is 10.9 Å². The van der Waals surface area contributed by atoms with E-state index >= 15 is 0 Å². The Bertz CT molecular complexity index is 1160. The number of hydrogen-bond donors (Lipinski definition) is 1. The van der Waals surface area contributed by atoms with E-state index in [0.29, 0.717) is 28.4 Å². The lowest BCUT2D eigenvalue weighted by atomic mass is 10.1. The molecule has 0 radical (unpaired) electrons. The zero-order chi connectivity index (χ0) is 24.6. The van der Waals surface area contributed by atoms with Crippen molar-refractivity contribution in [2.75, 3.05) is 37.8 Å². The van der Waals surface area contributed by atoms with Crippen molar-refractivity contribution in [3.8, 4) is 15.6 Å². The minimum absolute atomic E-state index is 0.0912. The maximum absolute atomic E-state index is 13.8. The van der Waals surface area contributed by atoms with E-state index in [1.54, 1.807) is 17.8 Å². The Morgan fingerprint density at radius 1 is 1.26 bits per heavy atom. The van der Waals surface area contributed by atoms with E-state index in [9.17, 15) is 13.2 Å². The number of anilines is 2. The molecule has 2 aliphatic rings. The number of ether oxygens (including phenoxy) is 1. The molecule has 0 atom stereocenters. The highest BCUT2D eigenvalue weighted by Crippen LogP contribution is 2.46. The van der Waals surface area contributed by atoms with Crippen LogP contribution < -0.4 is 10.1 Å². The summed E-state index contributed by atoms with van der Waals surface area (Å²) in [7, 11) is 2.11. The maximum atomic E-state index is 13.8. The molecule has 3 aromatic heterocycles. The standard InChI is InChI=1S/C23H27F3N6OS2/c1-3-14-13-32(15-5-7-31(2)8-6-15)30-20(14)29-22-27-12-16(23(24,25)26)19(28-22)17-11-18-21(35-17)33-9-4-10-34-18/h11-13,15H,3-10H2,1-2H3,(H,27,28,29,30). The molecule has 7 nitrogen and oxygen atoms in total. The van der Waals surface area contributed by atoms with Gasteiger partial charge in [-0.1, -0.05) is 18.3 Å². The third-order valence-electron chi connectivity index (χ3n) is 6.25. The molecule has 5 rings (SSSR count). The summed E-state index contributed by atoms with van der Waals surface area (Å²) in [6, 6.07) is 2.04. The molecule has 12 heteroatoms. The summed E-state index contributed by atoms with van der Waals surface area (Å²) >= 11 is 2.79. The van der Waals surface area contributed by atoms with Crippen molar-refractivity contribution in [3.05, 3.63) is 29.6 Å². The molecule has 2 aliphatic heterocycles. The largest absolute Gasteiger partial charge is 0.483 e. The molecule has 0 spiro atoms. The fourth-order valence-corrected chi connectivity index (χ4v) is 6.43. The van der Waals surface area contributed by atoms with Crippen LogP contribution in [0.2, 0.25) is 0 Å². The van der Waals surface area contributed by atoms with Crippen molar-refractivity contribution in [2.24, 2.45) is 0 Å². The van der Waals surface area contributed by atoms with E-state index in [0.717, 1.165) is 61.2 Å². The van der Waals surface area contributed by atoms with Crippen molar-refractivity contribution in [3.63, 3.8) is 0 Å². The van der Waals surface area contributed by atoms with Gasteiger partial charge in [-0.05, 0) is 51.9 Å². The number of halogens is 3. The van der Waals surface area contributed by atoms with Crippen LogP contribution in [0.15, 0.2) is 23.4 Å². The van der Waals surface area contributed by atoms with Gasteiger partial charge in [-0.25, -0.2) is 9.97 Å². The van der Waals surface area contributed by atoms with Crippen LogP contribution in [0.3, 0.4) is 0 Å². The van der Waals surface area contributed by atoms with Gasteiger partial charge in [0.25, 0.3) is 0 Å². The minimum Gasteiger partial charge on any atom is -0.483 e. The molecule has 1 saturated heterocycles. The van der Waals surface area contributed by atoms with Gasteiger partial charge < -0.3 is 15.0 Å². The number of aromatic nitrogens is 4. The van der Waals surface area contributed by atoms with Crippen molar-refractivity contribution >= 4 is 34.9 Å². The lowest BCUT2D eigenvalue weighted by Crippen LogP contribution is -2.31. The predicted molar refractivity (Wildman–Crippen MR) is 132 cm³/mol. The van der Waals surface area contributed by atoms with E-state index in [1.807, 2.05) is 17.8 Å². The molecule has 0 unspecified atom stereocenters. The molecule has 5 heterocycles. The summed E-state index contributed by atoms with van der Waals surface area (Å²) in [6.07, 6.45) is 1.94. The molecule has 0 aromatic carbocycles. The molecular formula is C23H27F3N6OS2. The third kappa shape index (κ3) is 5.29. The van der Waals surface area contributed by atoms with Crippen molar-refractivity contribution in [1.82, 2.24) is 24.6 Å². The second-order valence-corrected chi connectivity index (χ2v) is 10.9. The Hall–Kier alpha value is -2.31. The minimum atomic E-state index is -4.58. The van der Waals surface area contributed by atoms with E-state index in [4.69, 9.17) is 9.84 Å². The van der Waals surface area contributed by atoms with Crippen molar-refractivity contribution in [1.29, 1.82) is 0 Å². The SMILES string of the molecule is CCc1cn(C2CCN(C)CC2)nc1Nc1ncc(C(F)(F)F)c(-c2cc3c(s2)OCCCS3)n1. The number of thioether (sulfide) groups is 1. The summed E-state index contributed by atoms with van der Waals surface area (Å²) < 4.78 is 49.3. The van der Waals surface area contributed by atoms with Crippen molar-refractivity contribution < 1.29 is 17.9 Å². The highest BCUT2D eigenvalue weighted by atomic mass is 32.2. The zero-order valence-corrected chi connectivity index (χ0v) is 21.2. The summed E-state index contributed by atoms with van der Waals surface area (Å²) in [4.78, 5) is 11.9. The molecule has 35 heavy (non-hydrogen) atoms. The van der Waals surface area contributed by atoms with Crippen LogP contribution in [0.1, 0.15) is 43.4 Å². The normalized spacial score (nSPS) is 17.6. The highest BCUT2D eigenvalue weighted by molar-refractivity contribution is 7.99. The third-order valence-corrected chi connectivity index (χ3v) is 8.54. The first kappa shape index (κ1) is 24.4. The summed E-state index contributed by atoms with van der Waals surface area (Å²) in [6.45, 7) is 4.60. The number of hydrogen-bond acceptors (Lipinski definition) is 8. The molecule has 3 aromatic rings. The quantitative estimate of drug-likeness (QED) is 0.448. The van der Waals surface area contributed by atoms with Gasteiger partial charge in [0.2, 0.25) is 5.95 Å². The fourth-order valence-electron chi connectivity index (χ4n) is 4.26. The average molecular weight is 525 g/mol. The summed E-state index contributed by atoms with van der Waals surface area (Å²) in [5.41, 5.74) is -0.0382. The van der Waals surface area contributed by atoms with Gasteiger partial charge in [0.1, 0.15) is 5.56 Å². The van der Waals surface area contributed by atoms with Gasteiger partial charge in [-0.3, -0.25) is 4.68 Å². The topological polar surface area (TPSA) is 68.1 Å². The number of fused-ring (bicyclic) bond motifs is 1. The van der Waals surface area contributed by atoms with E-state index < -0.39 is 11.7 Å². The Morgan fingerprint density at radius 2 is 2.06 bits per heavy atom. The van der Waals surface area contributed by atoms with Crippen LogP contribution >= 0.6 is 23.1 Å². The lowest BCUT2D eigenvalue weighted by molar-refractivity contribution is -0.137. The van der Waals surface area contributed by atoms with Gasteiger partial charge in [-0.15, -0.1) is 11.8 Å². The van der Waals surface area contributed by atoms with Gasteiger partial charge >= 0.3 is 6.18 Å². The lowest BCUT2D eigenvalue weighted by Gasteiger charge is -2.28. The molecule has 0 bridgehead atoms. The Morgan fingerprint density at radius 3 is 2.80 bits per heavy atom. The number of nitrogens with zero attached hydrogens (tertiary/aromatic N) is 5. The first-order valence-corrected chi connectivity index (χ1v) is 13.5. The molecule has 0 aliphatic carbocycles. The second-order valence-electron chi connectivity index (χ2n) is 8.76. The molecule has 0 saturated carbocycles. The van der Waals surface area contributed by atoms with Crippen molar-refractivity contribution in [2.45, 2.75) is 49.7 Å². The summed E-state index contributed by atoms with van der Waals surface area (Å²) in [5, 5.41) is 8.46. The number of likely N-dealkylation sites (tertiary alicyclic amines) is 1. The van der Waals surface area contributed by atoms with Crippen LogP contribution in [0.4, 0.5) is 24.9 Å². The molecular weight excluding hydrogens is 497 g/mol. The highest BCUT2D eigenvalue weighted by Gasteiger charge is 2.36. The number of nitrogens with one attached hydrogen (secondary N) is 1. The number of rotatable bonds is 5. The molecule has 188 valence electrons. The number of piperidine rings is 1. The predicted octanol–water partition coefficient (Wildman–Crippen LogP) is 5.87. The Labute approximate surface area is 210 Å². The Kier molecular flexibility index (Phi) is 6.95. The monoisotopic (exact) mass is 524 g/mol. The maximum Gasteiger partial charge on any atom is 0.420 e. The van der Waals surface area contributed by atoms with Gasteiger partial charge in [0.05, 0.1) is 28.1 Å². The Balaban J connectivity index is 1.47. The molecule has 1 N–H and O–H groups in total. The van der Waals surface area contributed by atoms with E-state index in [1.165, 1.54) is 11.3 Å². The second kappa shape index (κ2) is 9.98. The molecule has 0 amide bonds. The molecule has 1 fully saturated rings. The fraction of sp³-hybridized carbons (Fsp3) is 0.522. The van der Waals surface area contributed by atoms with Gasteiger partial charge in [0, 0.05) is 23.7 Å². The van der Waals surface area contributed by atoms with Crippen LogP contribution in [0, 0.1) is 0 Å².